The van der Waals surface area contributed by atoms with Gasteiger partial charge in [-0.1, -0.05) is 0 Å². The van der Waals surface area contributed by atoms with Gasteiger partial charge in [0.05, 0.1) is 0 Å². The van der Waals surface area contributed by atoms with Crippen LogP contribution in [-0.4, -0.2) is 47.5 Å². The maximum absolute atomic E-state index is 9.83. The predicted molar refractivity (Wildman–Crippen MR) is 33.4 cm³/mol. The third kappa shape index (κ3) is 92.5. The molecule has 2 nitrogen and oxygen atoms in total. The largest absolute Gasteiger partial charge is 0.147 e. The van der Waals surface area contributed by atoms with E-state index in [1.165, 1.54) is 11.4 Å². The predicted octanol–water partition coefficient (Wildman–Crippen LogP) is 0.152. The van der Waals surface area contributed by atoms with Crippen LogP contribution >= 0.6 is 12.4 Å². The molecule has 0 fully saturated rings. The molecule has 0 atom stereocenters. The molecule has 1 N–H and O–H groups in total. The Morgan fingerprint density at radius 3 is 1.43 bits per heavy atom. The summed E-state index contributed by atoms with van der Waals surface area (Å²) in [6, 6.07) is 0. The fourth-order valence-corrected chi connectivity index (χ4v) is 0. The molecule has 0 amide bonds. The normalized spacial score (nSPS) is 8.43. The average Bonchev–Trinajstić information content (AvgIpc) is 0.722. The van der Waals surface area contributed by atoms with Gasteiger partial charge in [-0.15, -0.1) is 12.4 Å². The second-order valence-electron chi connectivity index (χ2n) is 1.29. The Labute approximate surface area is 74.4 Å². The van der Waals surface area contributed by atoms with Crippen LogP contribution in [0.15, 0.2) is 0 Å². The Kier molecular flexibility index (Phi) is 13.0. The van der Waals surface area contributed by atoms with E-state index in [0.717, 1.165) is 0 Å². The maximum atomic E-state index is 9.83. The van der Waals surface area contributed by atoms with Crippen molar-refractivity contribution in [2.45, 2.75) is 11.4 Å². The second-order valence-corrected chi connectivity index (χ2v) is 6.72. The van der Waals surface area contributed by atoms with Crippen LogP contribution in [0.4, 0.5) is 0 Å². The molecule has 0 aliphatic rings. The summed E-state index contributed by atoms with van der Waals surface area (Å²) in [5, 5.41) is 0. The monoisotopic (exact) mass is 197 g/mol. The van der Waals surface area contributed by atoms with Crippen molar-refractivity contribution < 1.29 is 7.84 Å². The average molecular weight is 197 g/mol. The van der Waals surface area contributed by atoms with Crippen LogP contribution in [0.5, 0.6) is 0 Å². The molecule has 5 heteroatoms. The molecule has 0 rings (SSSR count). The molecule has 0 saturated carbocycles. The minimum atomic E-state index is -3.12. The van der Waals surface area contributed by atoms with E-state index in [9.17, 15) is 3.74 Å². The fraction of sp³-hybridized carbons (Fsp3) is 1.00. The van der Waals surface area contributed by atoms with Crippen molar-refractivity contribution in [1.29, 1.82) is 0 Å². The summed E-state index contributed by atoms with van der Waals surface area (Å²) in [6.45, 7) is 0. The van der Waals surface area contributed by atoms with E-state index < -0.39 is 13.8 Å². The van der Waals surface area contributed by atoms with E-state index >= 15 is 0 Å². The molecule has 0 spiro atoms. The summed E-state index contributed by atoms with van der Waals surface area (Å²) in [5.41, 5.74) is 2.72. The van der Waals surface area contributed by atoms with E-state index in [0.29, 0.717) is 0 Å². The number of hydrogen-bond acceptors (Lipinski definition) is 1. The van der Waals surface area contributed by atoms with Crippen molar-refractivity contribution in [3.05, 3.63) is 0 Å². The molecular formula is C2H8AsClNaO2. The quantitative estimate of drug-likeness (QED) is 0.562. The Morgan fingerprint density at radius 1 is 1.43 bits per heavy atom. The van der Waals surface area contributed by atoms with Gasteiger partial charge in [-0.05, 0) is 0 Å². The van der Waals surface area contributed by atoms with Crippen molar-refractivity contribution in [2.24, 2.45) is 0 Å². The number of hydrogen-bond donors (Lipinski definition) is 1. The molecule has 1 radical (unpaired) electrons. The molecule has 0 unspecified atom stereocenters. The van der Waals surface area contributed by atoms with Gasteiger partial charge in [-0.25, -0.2) is 0 Å². The number of halogens is 1. The van der Waals surface area contributed by atoms with E-state index in [-0.39, 0.29) is 42.0 Å². The van der Waals surface area contributed by atoms with Crippen molar-refractivity contribution in [3.8, 4) is 0 Å². The first-order chi connectivity index (χ1) is 2.00. The van der Waals surface area contributed by atoms with Gasteiger partial charge in [0.15, 0.2) is 0 Å². The van der Waals surface area contributed by atoms with Gasteiger partial charge < -0.3 is 0 Å². The first-order valence-electron chi connectivity index (χ1n) is 1.28. The van der Waals surface area contributed by atoms with Crippen molar-refractivity contribution in [3.63, 3.8) is 0 Å². The van der Waals surface area contributed by atoms with Gasteiger partial charge >= 0.3 is 33.1 Å². The topological polar surface area (TPSA) is 37.3 Å². The maximum Gasteiger partial charge on any atom is 0 e. The summed E-state index contributed by atoms with van der Waals surface area (Å²) in [4.78, 5) is 0. The molecule has 0 bridgehead atoms. The van der Waals surface area contributed by atoms with E-state index in [1.807, 2.05) is 0 Å². The first kappa shape index (κ1) is 15.8. The van der Waals surface area contributed by atoms with E-state index in [1.54, 1.807) is 0 Å². The van der Waals surface area contributed by atoms with Crippen molar-refractivity contribution in [2.75, 3.05) is 0 Å². The summed E-state index contributed by atoms with van der Waals surface area (Å²) in [6.07, 6.45) is 0. The molecule has 0 aliphatic heterocycles. The van der Waals surface area contributed by atoms with Gasteiger partial charge in [0.1, 0.15) is 0 Å². The van der Waals surface area contributed by atoms with Crippen LogP contribution in [0.1, 0.15) is 0 Å². The minimum absolute atomic E-state index is 0. The third-order valence-electron chi connectivity index (χ3n) is 0. The van der Waals surface area contributed by atoms with Crippen LogP contribution in [-0.2, 0) is 3.74 Å². The molecule has 0 heterocycles. The minimum Gasteiger partial charge on any atom is -0.147 e. The van der Waals surface area contributed by atoms with Crippen molar-refractivity contribution >= 4 is 55.8 Å². The molecule has 7 heavy (non-hydrogen) atoms. The zero-order valence-electron chi connectivity index (χ0n) is 4.71. The van der Waals surface area contributed by atoms with Gasteiger partial charge in [-0.2, -0.15) is 0 Å². The Hall–Kier alpha value is 1.61. The molecule has 0 aromatic heterocycles. The van der Waals surface area contributed by atoms with E-state index in [2.05, 4.69) is 0 Å². The Balaban J connectivity index is -0.0000000800. The standard InChI is InChI=1S/C2H7AsO2.ClH.Na/c1-3(2,4)5;;/h1-2H3,(H,4,5);1H;. The Bertz CT molecular complexity index is 61.8. The fourth-order valence-electron chi connectivity index (χ4n) is 0. The van der Waals surface area contributed by atoms with Gasteiger partial charge in [0.2, 0.25) is 0 Å². The zero-order valence-corrected chi connectivity index (χ0v) is 9.40. The van der Waals surface area contributed by atoms with Crippen molar-refractivity contribution in [1.82, 2.24) is 0 Å². The van der Waals surface area contributed by atoms with E-state index in [4.69, 9.17) is 4.10 Å². The molecule has 41 valence electrons. The second kappa shape index (κ2) is 5.74. The van der Waals surface area contributed by atoms with Crippen LogP contribution < -0.4 is 0 Å². The number of rotatable bonds is 0. The summed E-state index contributed by atoms with van der Waals surface area (Å²) >= 11 is -3.12. The summed E-state index contributed by atoms with van der Waals surface area (Å²) in [7, 11) is 0. The van der Waals surface area contributed by atoms with Gasteiger partial charge in [0, 0.05) is 29.6 Å². The molecule has 0 saturated heterocycles. The van der Waals surface area contributed by atoms with Gasteiger partial charge in [0.25, 0.3) is 0 Å². The zero-order chi connectivity index (χ0) is 4.50. The van der Waals surface area contributed by atoms with Gasteiger partial charge in [-0.3, -0.25) is 0 Å². The molecule has 0 aromatic carbocycles. The summed E-state index contributed by atoms with van der Waals surface area (Å²) < 4.78 is 18.0. The smallest absolute Gasteiger partial charge is 0 e. The molecule has 0 aromatic rings. The molecule has 0 aliphatic carbocycles. The summed E-state index contributed by atoms with van der Waals surface area (Å²) in [5.74, 6) is 0. The third-order valence-corrected chi connectivity index (χ3v) is 0. The van der Waals surface area contributed by atoms with Crippen LogP contribution in [0.3, 0.4) is 0 Å². The van der Waals surface area contributed by atoms with Crippen LogP contribution in [0.25, 0.3) is 0 Å². The Morgan fingerprint density at radius 2 is 1.43 bits per heavy atom. The first-order valence-corrected chi connectivity index (χ1v) is 6.64. The van der Waals surface area contributed by atoms with Crippen LogP contribution in [0, 0.1) is 0 Å². The SMILES string of the molecule is C[As](C)(=O)O.Cl.[Na]. The van der Waals surface area contributed by atoms with Crippen LogP contribution in [0.2, 0.25) is 11.4 Å². The molecular weight excluding hydrogens is 189 g/mol.